The lowest BCUT2D eigenvalue weighted by molar-refractivity contribution is 0.276. The van der Waals surface area contributed by atoms with E-state index in [4.69, 9.17) is 0 Å². The average molecular weight is 264 g/mol. The SMILES string of the molecule is Cc1c(CO)nc(-c2ccccc2)n1-c1ccccc1. The number of nitrogens with zero attached hydrogens (tertiary/aromatic N) is 2. The Kier molecular flexibility index (Phi) is 3.35. The molecule has 0 radical (unpaired) electrons. The number of imidazole rings is 1. The average Bonchev–Trinajstić information content (AvgIpc) is 2.86. The molecule has 0 fully saturated rings. The highest BCUT2D eigenvalue weighted by atomic mass is 16.3. The van der Waals surface area contributed by atoms with Crippen LogP contribution in [0.3, 0.4) is 0 Å². The third-order valence-electron chi connectivity index (χ3n) is 3.40. The van der Waals surface area contributed by atoms with Crippen LogP contribution < -0.4 is 0 Å². The second kappa shape index (κ2) is 5.31. The first-order chi connectivity index (χ1) is 9.81. The Morgan fingerprint density at radius 2 is 1.55 bits per heavy atom. The molecule has 2 aromatic carbocycles. The maximum atomic E-state index is 9.47. The third-order valence-corrected chi connectivity index (χ3v) is 3.40. The van der Waals surface area contributed by atoms with Crippen LogP contribution in [0.1, 0.15) is 11.4 Å². The molecule has 0 aliphatic rings. The van der Waals surface area contributed by atoms with Gasteiger partial charge >= 0.3 is 0 Å². The molecule has 1 aromatic heterocycles. The van der Waals surface area contributed by atoms with Gasteiger partial charge in [0.15, 0.2) is 0 Å². The van der Waals surface area contributed by atoms with E-state index in [0.29, 0.717) is 5.69 Å². The van der Waals surface area contributed by atoms with Crippen LogP contribution in [0.15, 0.2) is 60.7 Å². The van der Waals surface area contributed by atoms with Crippen molar-refractivity contribution < 1.29 is 5.11 Å². The molecule has 3 aromatic rings. The van der Waals surface area contributed by atoms with Crippen LogP contribution in [0.5, 0.6) is 0 Å². The zero-order valence-electron chi connectivity index (χ0n) is 11.3. The summed E-state index contributed by atoms with van der Waals surface area (Å²) in [5.41, 5.74) is 3.78. The van der Waals surface area contributed by atoms with Crippen LogP contribution >= 0.6 is 0 Å². The Bertz CT molecular complexity index is 703. The standard InChI is InChI=1S/C17H16N2O/c1-13-16(12-20)18-17(14-8-4-2-5-9-14)19(13)15-10-6-3-7-11-15/h2-11,20H,12H2,1H3. The van der Waals surface area contributed by atoms with Crippen molar-refractivity contribution in [1.82, 2.24) is 9.55 Å². The minimum Gasteiger partial charge on any atom is -0.390 e. The van der Waals surface area contributed by atoms with E-state index in [2.05, 4.69) is 9.55 Å². The smallest absolute Gasteiger partial charge is 0.145 e. The molecular formula is C17H16N2O. The number of aliphatic hydroxyl groups excluding tert-OH is 1. The number of para-hydroxylation sites is 1. The Morgan fingerprint density at radius 1 is 0.950 bits per heavy atom. The first-order valence-electron chi connectivity index (χ1n) is 6.61. The fourth-order valence-electron chi connectivity index (χ4n) is 2.37. The monoisotopic (exact) mass is 264 g/mol. The highest BCUT2D eigenvalue weighted by Gasteiger charge is 2.15. The Balaban J connectivity index is 2.25. The van der Waals surface area contributed by atoms with Crippen molar-refractivity contribution in [2.45, 2.75) is 13.5 Å². The predicted octanol–water partition coefficient (Wildman–Crippen LogP) is 3.34. The molecule has 0 spiro atoms. The minimum atomic E-state index is -0.0501. The summed E-state index contributed by atoms with van der Waals surface area (Å²) in [6, 6.07) is 20.1. The van der Waals surface area contributed by atoms with Gasteiger partial charge in [0.1, 0.15) is 5.82 Å². The quantitative estimate of drug-likeness (QED) is 0.788. The molecule has 0 aliphatic heterocycles. The van der Waals surface area contributed by atoms with Crippen molar-refractivity contribution in [2.24, 2.45) is 0 Å². The summed E-state index contributed by atoms with van der Waals surface area (Å²) in [7, 11) is 0. The summed E-state index contributed by atoms with van der Waals surface area (Å²) in [5, 5.41) is 9.47. The molecule has 20 heavy (non-hydrogen) atoms. The fraction of sp³-hybridized carbons (Fsp3) is 0.118. The lowest BCUT2D eigenvalue weighted by Crippen LogP contribution is -1.99. The molecule has 0 unspecified atom stereocenters. The first kappa shape index (κ1) is 12.6. The number of aliphatic hydroxyl groups is 1. The van der Waals surface area contributed by atoms with Gasteiger partial charge in [0, 0.05) is 16.9 Å². The second-order valence-electron chi connectivity index (χ2n) is 4.66. The van der Waals surface area contributed by atoms with Gasteiger partial charge in [0.05, 0.1) is 12.3 Å². The van der Waals surface area contributed by atoms with Gasteiger partial charge in [-0.1, -0.05) is 48.5 Å². The van der Waals surface area contributed by atoms with Gasteiger partial charge in [-0.25, -0.2) is 4.98 Å². The largest absolute Gasteiger partial charge is 0.390 e. The summed E-state index contributed by atoms with van der Waals surface area (Å²) >= 11 is 0. The van der Waals surface area contributed by atoms with E-state index >= 15 is 0 Å². The molecule has 0 bridgehead atoms. The van der Waals surface area contributed by atoms with Crippen LogP contribution in [0, 0.1) is 6.92 Å². The van der Waals surface area contributed by atoms with E-state index in [1.54, 1.807) is 0 Å². The van der Waals surface area contributed by atoms with E-state index in [1.165, 1.54) is 0 Å². The topological polar surface area (TPSA) is 38.1 Å². The number of rotatable bonds is 3. The van der Waals surface area contributed by atoms with E-state index in [1.807, 2.05) is 67.6 Å². The Morgan fingerprint density at radius 3 is 2.15 bits per heavy atom. The molecule has 100 valence electrons. The van der Waals surface area contributed by atoms with Crippen LogP contribution in [0.25, 0.3) is 17.1 Å². The summed E-state index contributed by atoms with van der Waals surface area (Å²) in [6.45, 7) is 1.93. The molecule has 1 N–H and O–H groups in total. The number of hydrogen-bond acceptors (Lipinski definition) is 2. The van der Waals surface area contributed by atoms with Gasteiger partial charge in [-0.05, 0) is 19.1 Å². The molecule has 0 saturated heterocycles. The third kappa shape index (κ3) is 2.12. The van der Waals surface area contributed by atoms with Gasteiger partial charge in [-0.2, -0.15) is 0 Å². The van der Waals surface area contributed by atoms with Crippen LogP contribution in [0.4, 0.5) is 0 Å². The summed E-state index contributed by atoms with van der Waals surface area (Å²) in [5.74, 6) is 0.860. The Hall–Kier alpha value is -2.39. The van der Waals surface area contributed by atoms with Crippen molar-refractivity contribution in [1.29, 1.82) is 0 Å². The summed E-state index contributed by atoms with van der Waals surface area (Å²) in [6.07, 6.45) is 0. The van der Waals surface area contributed by atoms with Gasteiger partial charge in [0.25, 0.3) is 0 Å². The van der Waals surface area contributed by atoms with Gasteiger partial charge in [0.2, 0.25) is 0 Å². The highest BCUT2D eigenvalue weighted by molar-refractivity contribution is 5.60. The molecular weight excluding hydrogens is 248 g/mol. The zero-order chi connectivity index (χ0) is 13.9. The molecule has 3 nitrogen and oxygen atoms in total. The van der Waals surface area contributed by atoms with E-state index in [0.717, 1.165) is 22.8 Å². The number of hydrogen-bond donors (Lipinski definition) is 1. The maximum absolute atomic E-state index is 9.47. The molecule has 3 heteroatoms. The predicted molar refractivity (Wildman–Crippen MR) is 79.7 cm³/mol. The van der Waals surface area contributed by atoms with Crippen molar-refractivity contribution in [3.8, 4) is 17.1 Å². The molecule has 0 saturated carbocycles. The van der Waals surface area contributed by atoms with Crippen molar-refractivity contribution >= 4 is 0 Å². The summed E-state index contributed by atoms with van der Waals surface area (Å²) in [4.78, 5) is 4.59. The summed E-state index contributed by atoms with van der Waals surface area (Å²) < 4.78 is 2.08. The highest BCUT2D eigenvalue weighted by Crippen LogP contribution is 2.26. The van der Waals surface area contributed by atoms with E-state index in [9.17, 15) is 5.11 Å². The molecule has 1 heterocycles. The van der Waals surface area contributed by atoms with Crippen LogP contribution in [-0.2, 0) is 6.61 Å². The van der Waals surface area contributed by atoms with E-state index < -0.39 is 0 Å². The number of benzene rings is 2. The molecule has 0 amide bonds. The maximum Gasteiger partial charge on any atom is 0.145 e. The van der Waals surface area contributed by atoms with Crippen molar-refractivity contribution in [2.75, 3.05) is 0 Å². The number of aromatic nitrogens is 2. The lowest BCUT2D eigenvalue weighted by atomic mass is 10.2. The zero-order valence-corrected chi connectivity index (χ0v) is 11.3. The fourth-order valence-corrected chi connectivity index (χ4v) is 2.37. The minimum absolute atomic E-state index is 0.0501. The van der Waals surface area contributed by atoms with Crippen molar-refractivity contribution in [3.63, 3.8) is 0 Å². The first-order valence-corrected chi connectivity index (χ1v) is 6.61. The van der Waals surface area contributed by atoms with Gasteiger partial charge < -0.3 is 5.11 Å². The van der Waals surface area contributed by atoms with Crippen molar-refractivity contribution in [3.05, 3.63) is 72.1 Å². The lowest BCUT2D eigenvalue weighted by Gasteiger charge is -2.10. The molecule has 0 aliphatic carbocycles. The normalized spacial score (nSPS) is 10.7. The second-order valence-corrected chi connectivity index (χ2v) is 4.66. The molecule has 3 rings (SSSR count). The van der Waals surface area contributed by atoms with Gasteiger partial charge in [-0.3, -0.25) is 4.57 Å². The molecule has 0 atom stereocenters. The van der Waals surface area contributed by atoms with Crippen LogP contribution in [0.2, 0.25) is 0 Å². The Labute approximate surface area is 118 Å². The van der Waals surface area contributed by atoms with Gasteiger partial charge in [-0.15, -0.1) is 0 Å². The van der Waals surface area contributed by atoms with E-state index in [-0.39, 0.29) is 6.61 Å². The van der Waals surface area contributed by atoms with Crippen LogP contribution in [-0.4, -0.2) is 14.7 Å².